The first kappa shape index (κ1) is 24.4. The number of benzene rings is 2. The highest BCUT2D eigenvalue weighted by Gasteiger charge is 2.26. The summed E-state index contributed by atoms with van der Waals surface area (Å²) in [6, 6.07) is 13.8. The quantitative estimate of drug-likeness (QED) is 0.545. The van der Waals surface area contributed by atoms with E-state index < -0.39 is 0 Å². The van der Waals surface area contributed by atoms with Crippen LogP contribution in [0.2, 0.25) is 0 Å². The number of anilines is 2. The number of fused-ring (bicyclic) bond motifs is 1. The standard InChI is InChI=1S/C24H29N5O3.ClH/c1-31-20-14-18-19(15-21(20)32-2)27-24(28-22(18)25)29-12-9-17(10-13-29)23(30)26-11-8-16-6-4-3-5-7-16;/h3-7,14-15,17H,8-13H2,1-2H3,(H,26,30)(H2,25,27,28);1H. The highest BCUT2D eigenvalue weighted by molar-refractivity contribution is 5.91. The second-order valence-electron chi connectivity index (χ2n) is 7.92. The Labute approximate surface area is 199 Å². The van der Waals surface area contributed by atoms with Gasteiger partial charge in [-0.25, -0.2) is 4.98 Å². The van der Waals surface area contributed by atoms with Crippen LogP contribution in [0.25, 0.3) is 10.9 Å². The molecule has 1 amide bonds. The second kappa shape index (κ2) is 11.0. The van der Waals surface area contributed by atoms with Gasteiger partial charge in [-0.15, -0.1) is 12.4 Å². The van der Waals surface area contributed by atoms with Crippen LogP contribution in [0.3, 0.4) is 0 Å². The summed E-state index contributed by atoms with van der Waals surface area (Å²) in [7, 11) is 3.17. The summed E-state index contributed by atoms with van der Waals surface area (Å²) < 4.78 is 10.7. The minimum Gasteiger partial charge on any atom is -0.493 e. The molecule has 0 unspecified atom stereocenters. The third-order valence-corrected chi connectivity index (χ3v) is 5.92. The van der Waals surface area contributed by atoms with Crippen LogP contribution >= 0.6 is 12.4 Å². The average Bonchev–Trinajstić information content (AvgIpc) is 2.84. The number of rotatable bonds is 7. The number of halogens is 1. The highest BCUT2D eigenvalue weighted by atomic mass is 35.5. The van der Waals surface area contributed by atoms with E-state index in [2.05, 4.69) is 27.3 Å². The Bertz CT molecular complexity index is 1090. The van der Waals surface area contributed by atoms with E-state index in [1.807, 2.05) is 24.3 Å². The molecule has 0 spiro atoms. The first-order valence-corrected chi connectivity index (χ1v) is 10.8. The minimum atomic E-state index is 0. The SMILES string of the molecule is COc1cc2nc(N3CCC(C(=O)NCCc4ccccc4)CC3)nc(N)c2cc1OC.Cl. The van der Waals surface area contributed by atoms with E-state index >= 15 is 0 Å². The van der Waals surface area contributed by atoms with Crippen molar-refractivity contribution in [2.75, 3.05) is 44.5 Å². The zero-order chi connectivity index (χ0) is 22.5. The van der Waals surface area contributed by atoms with Gasteiger partial charge in [0, 0.05) is 37.0 Å². The molecular weight excluding hydrogens is 442 g/mol. The van der Waals surface area contributed by atoms with Crippen molar-refractivity contribution in [1.29, 1.82) is 0 Å². The zero-order valence-corrected chi connectivity index (χ0v) is 19.7. The number of methoxy groups -OCH3 is 2. The number of nitrogens with one attached hydrogen (secondary N) is 1. The van der Waals surface area contributed by atoms with Crippen LogP contribution < -0.4 is 25.4 Å². The van der Waals surface area contributed by atoms with Gasteiger partial charge in [0.25, 0.3) is 0 Å². The number of ether oxygens (including phenoxy) is 2. The van der Waals surface area contributed by atoms with Gasteiger partial charge < -0.3 is 25.4 Å². The fourth-order valence-electron chi connectivity index (χ4n) is 4.07. The number of hydrogen-bond donors (Lipinski definition) is 2. The van der Waals surface area contributed by atoms with E-state index in [-0.39, 0.29) is 24.2 Å². The molecule has 2 aromatic carbocycles. The number of carbonyl (C=O) groups excluding carboxylic acids is 1. The first-order valence-electron chi connectivity index (χ1n) is 10.8. The molecule has 0 atom stereocenters. The van der Waals surface area contributed by atoms with Gasteiger partial charge in [0.15, 0.2) is 11.5 Å². The maximum atomic E-state index is 12.6. The fourth-order valence-corrected chi connectivity index (χ4v) is 4.07. The predicted octanol–water partition coefficient (Wildman–Crippen LogP) is 3.23. The molecule has 2 heterocycles. The fraction of sp³-hybridized carbons (Fsp3) is 0.375. The average molecular weight is 472 g/mol. The molecule has 176 valence electrons. The summed E-state index contributed by atoms with van der Waals surface area (Å²) >= 11 is 0. The van der Waals surface area contributed by atoms with Gasteiger partial charge in [-0.2, -0.15) is 4.98 Å². The number of piperidine rings is 1. The summed E-state index contributed by atoms with van der Waals surface area (Å²) in [6.07, 6.45) is 2.35. The topological polar surface area (TPSA) is 103 Å². The molecule has 0 saturated carbocycles. The molecule has 3 N–H and O–H groups in total. The number of hydrogen-bond acceptors (Lipinski definition) is 7. The van der Waals surface area contributed by atoms with Crippen molar-refractivity contribution in [1.82, 2.24) is 15.3 Å². The Balaban J connectivity index is 0.00000306. The van der Waals surface area contributed by atoms with Crippen molar-refractivity contribution >= 4 is 41.0 Å². The molecule has 0 radical (unpaired) electrons. The summed E-state index contributed by atoms with van der Waals surface area (Å²) in [5.74, 6) is 2.27. The van der Waals surface area contributed by atoms with Crippen LogP contribution in [-0.4, -0.2) is 49.7 Å². The van der Waals surface area contributed by atoms with Gasteiger partial charge in [-0.3, -0.25) is 4.79 Å². The van der Waals surface area contributed by atoms with Gasteiger partial charge in [-0.05, 0) is 30.9 Å². The van der Waals surface area contributed by atoms with E-state index in [4.69, 9.17) is 20.2 Å². The van der Waals surface area contributed by atoms with Crippen LogP contribution in [-0.2, 0) is 11.2 Å². The number of amides is 1. The van der Waals surface area contributed by atoms with Crippen LogP contribution in [0.15, 0.2) is 42.5 Å². The maximum Gasteiger partial charge on any atom is 0.227 e. The maximum absolute atomic E-state index is 12.6. The van der Waals surface area contributed by atoms with Crippen LogP contribution in [0.5, 0.6) is 11.5 Å². The molecule has 33 heavy (non-hydrogen) atoms. The van der Waals surface area contributed by atoms with E-state index in [0.717, 1.165) is 24.6 Å². The van der Waals surface area contributed by atoms with E-state index in [1.54, 1.807) is 20.3 Å². The monoisotopic (exact) mass is 471 g/mol. The second-order valence-corrected chi connectivity index (χ2v) is 7.92. The third kappa shape index (κ3) is 5.57. The molecule has 1 aliphatic heterocycles. The van der Waals surface area contributed by atoms with Crippen molar-refractivity contribution in [3.8, 4) is 11.5 Å². The molecule has 0 aliphatic carbocycles. The van der Waals surface area contributed by atoms with Crippen molar-refractivity contribution in [3.63, 3.8) is 0 Å². The lowest BCUT2D eigenvalue weighted by atomic mass is 9.96. The van der Waals surface area contributed by atoms with Crippen molar-refractivity contribution in [2.45, 2.75) is 19.3 Å². The van der Waals surface area contributed by atoms with E-state index in [0.29, 0.717) is 48.4 Å². The Hall–Kier alpha value is -3.26. The summed E-state index contributed by atoms with van der Waals surface area (Å²) in [6.45, 7) is 2.06. The van der Waals surface area contributed by atoms with Crippen LogP contribution in [0.1, 0.15) is 18.4 Å². The molecule has 1 fully saturated rings. The highest BCUT2D eigenvalue weighted by Crippen LogP contribution is 2.34. The molecule has 0 bridgehead atoms. The van der Waals surface area contributed by atoms with Gasteiger partial charge in [0.2, 0.25) is 11.9 Å². The van der Waals surface area contributed by atoms with Crippen LogP contribution in [0.4, 0.5) is 11.8 Å². The molecule has 4 rings (SSSR count). The lowest BCUT2D eigenvalue weighted by Gasteiger charge is -2.31. The van der Waals surface area contributed by atoms with Crippen molar-refractivity contribution in [2.24, 2.45) is 5.92 Å². The molecule has 1 saturated heterocycles. The molecule has 1 aliphatic rings. The van der Waals surface area contributed by atoms with Crippen LogP contribution in [0, 0.1) is 5.92 Å². The van der Waals surface area contributed by atoms with Gasteiger partial charge in [0.05, 0.1) is 19.7 Å². The number of aromatic nitrogens is 2. The zero-order valence-electron chi connectivity index (χ0n) is 18.9. The molecule has 1 aromatic heterocycles. The number of nitrogen functional groups attached to an aromatic ring is 1. The summed E-state index contributed by atoms with van der Waals surface area (Å²) in [5, 5.41) is 3.80. The molecule has 8 nitrogen and oxygen atoms in total. The number of nitrogens with two attached hydrogens (primary N) is 1. The molecule has 9 heteroatoms. The Morgan fingerprint density at radius 1 is 1.09 bits per heavy atom. The number of carbonyl (C=O) groups is 1. The number of nitrogens with zero attached hydrogens (tertiary/aromatic N) is 3. The lowest BCUT2D eigenvalue weighted by Crippen LogP contribution is -2.41. The third-order valence-electron chi connectivity index (χ3n) is 5.92. The first-order chi connectivity index (χ1) is 15.6. The summed E-state index contributed by atoms with van der Waals surface area (Å²) in [4.78, 5) is 23.9. The van der Waals surface area contributed by atoms with Crippen molar-refractivity contribution < 1.29 is 14.3 Å². The minimum absolute atomic E-state index is 0. The van der Waals surface area contributed by atoms with E-state index in [9.17, 15) is 4.79 Å². The van der Waals surface area contributed by atoms with E-state index in [1.165, 1.54) is 5.56 Å². The van der Waals surface area contributed by atoms with Gasteiger partial charge >= 0.3 is 0 Å². The van der Waals surface area contributed by atoms with Gasteiger partial charge in [-0.1, -0.05) is 30.3 Å². The Morgan fingerprint density at radius 3 is 2.42 bits per heavy atom. The smallest absolute Gasteiger partial charge is 0.227 e. The normalized spacial score (nSPS) is 13.9. The lowest BCUT2D eigenvalue weighted by molar-refractivity contribution is -0.125. The largest absolute Gasteiger partial charge is 0.493 e. The van der Waals surface area contributed by atoms with Gasteiger partial charge in [0.1, 0.15) is 5.82 Å². The van der Waals surface area contributed by atoms with Crippen molar-refractivity contribution in [3.05, 3.63) is 48.0 Å². The molecule has 3 aromatic rings. The Morgan fingerprint density at radius 2 is 1.76 bits per heavy atom. The molecular formula is C24H30ClN5O3. The predicted molar refractivity (Wildman–Crippen MR) is 132 cm³/mol. The Kier molecular flexibility index (Phi) is 8.16. The summed E-state index contributed by atoms with van der Waals surface area (Å²) in [5.41, 5.74) is 8.14.